The first-order valence-electron chi connectivity index (χ1n) is 9.16. The minimum Gasteiger partial charge on any atom is -0.166 e. The normalized spacial score (nSPS) is 13.3. The highest BCUT2D eigenvalue weighted by atomic mass is 28.3. The van der Waals surface area contributed by atoms with Crippen LogP contribution in [0, 0.1) is 0 Å². The van der Waals surface area contributed by atoms with Gasteiger partial charge in [-0.15, -0.1) is 0 Å². The number of hydrogen-bond acceptors (Lipinski definition) is 0. The van der Waals surface area contributed by atoms with E-state index >= 15 is 0 Å². The maximum Gasteiger partial charge on any atom is 0.416 e. The van der Waals surface area contributed by atoms with Gasteiger partial charge >= 0.3 is 18.5 Å². The van der Waals surface area contributed by atoms with Gasteiger partial charge in [-0.05, 0) is 15.6 Å². The van der Waals surface area contributed by atoms with E-state index in [0.29, 0.717) is 15.6 Å². The minimum absolute atomic E-state index is 0.407. The summed E-state index contributed by atoms with van der Waals surface area (Å²) in [6, 6.07) is 12.5. The summed E-state index contributed by atoms with van der Waals surface area (Å²) in [5.74, 6) is 0. The zero-order valence-corrected chi connectivity index (χ0v) is 17.3. The maximum absolute atomic E-state index is 13.0. The van der Waals surface area contributed by atoms with Gasteiger partial charge in [0.2, 0.25) is 0 Å². The molecule has 0 spiro atoms. The smallest absolute Gasteiger partial charge is 0.166 e. The van der Waals surface area contributed by atoms with E-state index in [-0.39, 0.29) is 0 Å². The van der Waals surface area contributed by atoms with Gasteiger partial charge in [0, 0.05) is 0 Å². The maximum atomic E-state index is 13.0. The molecular weight excluding hydrogens is 463 g/mol. The van der Waals surface area contributed by atoms with Crippen LogP contribution in [-0.4, -0.2) is 8.07 Å². The van der Waals surface area contributed by atoms with E-state index in [1.165, 1.54) is 36.4 Å². The molecule has 0 aliphatic heterocycles. The summed E-state index contributed by atoms with van der Waals surface area (Å²) in [7, 11) is -3.23. The van der Waals surface area contributed by atoms with Gasteiger partial charge < -0.3 is 0 Å². The number of rotatable bonds is 3. The average Bonchev–Trinajstić information content (AvgIpc) is 2.71. The molecule has 0 radical (unpaired) electrons. The molecule has 0 nitrogen and oxygen atoms in total. The van der Waals surface area contributed by atoms with Gasteiger partial charge in [-0.3, -0.25) is 0 Å². The fourth-order valence-electron chi connectivity index (χ4n) is 3.48. The first-order chi connectivity index (χ1) is 14.6. The number of hydrogen-bond donors (Lipinski definition) is 0. The van der Waals surface area contributed by atoms with Crippen molar-refractivity contribution in [2.24, 2.45) is 0 Å². The molecule has 0 aromatic heterocycles. The Labute approximate surface area is 178 Å². The monoisotopic (exact) mass is 478 g/mol. The molecule has 3 aromatic rings. The highest BCUT2D eigenvalue weighted by Gasteiger charge is 2.38. The van der Waals surface area contributed by atoms with Crippen molar-refractivity contribution in [1.82, 2.24) is 0 Å². The zero-order chi connectivity index (χ0) is 23.9. The molecule has 0 bridgehead atoms. The summed E-state index contributed by atoms with van der Waals surface area (Å²) in [6.07, 6.45) is -13.8. The minimum atomic E-state index is -4.58. The van der Waals surface area contributed by atoms with E-state index in [4.69, 9.17) is 0 Å². The van der Waals surface area contributed by atoms with Crippen LogP contribution in [0.3, 0.4) is 0 Å². The van der Waals surface area contributed by atoms with Crippen LogP contribution < -0.4 is 15.6 Å². The molecule has 0 fully saturated rings. The van der Waals surface area contributed by atoms with Crippen molar-refractivity contribution in [3.8, 4) is 0 Å². The molecule has 0 aliphatic rings. The third-order valence-corrected chi connectivity index (χ3v) is 9.83. The zero-order valence-electron chi connectivity index (χ0n) is 16.3. The highest BCUT2D eigenvalue weighted by molar-refractivity contribution is 7.10. The lowest BCUT2D eigenvalue weighted by atomic mass is 10.2. The molecule has 0 heterocycles. The topological polar surface area (TPSA) is 0 Å². The van der Waals surface area contributed by atoms with Gasteiger partial charge in [0.25, 0.3) is 0 Å². The van der Waals surface area contributed by atoms with E-state index in [1.54, 1.807) is 6.55 Å². The van der Waals surface area contributed by atoms with Crippen molar-refractivity contribution in [3.63, 3.8) is 0 Å². The van der Waals surface area contributed by atoms with Crippen LogP contribution in [-0.2, 0) is 18.5 Å². The third-order valence-electron chi connectivity index (χ3n) is 5.37. The highest BCUT2D eigenvalue weighted by Crippen LogP contribution is 2.31. The second-order valence-corrected chi connectivity index (χ2v) is 11.3. The molecule has 170 valence electrons. The second-order valence-electron chi connectivity index (χ2n) is 7.35. The predicted molar refractivity (Wildman–Crippen MR) is 105 cm³/mol. The van der Waals surface area contributed by atoms with Crippen molar-refractivity contribution in [2.45, 2.75) is 25.1 Å². The fourth-order valence-corrected chi connectivity index (χ4v) is 6.98. The molecular formula is C22H15F9Si. The van der Waals surface area contributed by atoms with Crippen molar-refractivity contribution < 1.29 is 39.5 Å². The fraction of sp³-hybridized carbons (Fsp3) is 0.182. The molecule has 0 atom stereocenters. The Morgan fingerprint density at radius 2 is 0.594 bits per heavy atom. The van der Waals surface area contributed by atoms with Gasteiger partial charge in [0.15, 0.2) is 0 Å². The summed E-state index contributed by atoms with van der Waals surface area (Å²) >= 11 is 0. The Balaban J connectivity index is 2.17. The summed E-state index contributed by atoms with van der Waals surface area (Å²) in [6.45, 7) is 1.67. The predicted octanol–water partition coefficient (Wildman–Crippen LogP) is 5.84. The van der Waals surface area contributed by atoms with Gasteiger partial charge in [0.1, 0.15) is 8.07 Å². The first-order valence-corrected chi connectivity index (χ1v) is 11.7. The van der Waals surface area contributed by atoms with Crippen molar-refractivity contribution in [3.05, 3.63) is 89.5 Å². The molecule has 3 rings (SSSR count). The number of benzene rings is 3. The summed E-state index contributed by atoms with van der Waals surface area (Å²) < 4.78 is 117. The van der Waals surface area contributed by atoms with E-state index in [1.807, 2.05) is 0 Å². The molecule has 10 heteroatoms. The number of halogens is 9. The SMILES string of the molecule is C[Si](c1ccc(C(F)(F)F)cc1)(c1ccc(C(F)(F)F)cc1)c1ccc(C(F)(F)F)cc1. The lowest BCUT2D eigenvalue weighted by Gasteiger charge is -2.30. The molecule has 0 saturated heterocycles. The van der Waals surface area contributed by atoms with Crippen LogP contribution in [0.25, 0.3) is 0 Å². The summed E-state index contributed by atoms with van der Waals surface area (Å²) in [5, 5.41) is 1.22. The van der Waals surface area contributed by atoms with Gasteiger partial charge in [-0.2, -0.15) is 39.5 Å². The van der Waals surface area contributed by atoms with Crippen molar-refractivity contribution >= 4 is 23.6 Å². The lowest BCUT2D eigenvalue weighted by Crippen LogP contribution is -2.64. The summed E-state index contributed by atoms with van der Waals surface area (Å²) in [4.78, 5) is 0. The van der Waals surface area contributed by atoms with Crippen LogP contribution in [0.15, 0.2) is 72.8 Å². The molecule has 0 saturated carbocycles. The van der Waals surface area contributed by atoms with E-state index < -0.39 is 43.3 Å². The van der Waals surface area contributed by atoms with Crippen LogP contribution in [0.5, 0.6) is 0 Å². The molecule has 0 amide bonds. The van der Waals surface area contributed by atoms with Crippen LogP contribution in [0.2, 0.25) is 6.55 Å². The Hall–Kier alpha value is -2.75. The van der Waals surface area contributed by atoms with Crippen molar-refractivity contribution in [2.75, 3.05) is 0 Å². The Kier molecular flexibility index (Phi) is 5.96. The molecule has 32 heavy (non-hydrogen) atoms. The van der Waals surface area contributed by atoms with Crippen LogP contribution >= 0.6 is 0 Å². The average molecular weight is 478 g/mol. The lowest BCUT2D eigenvalue weighted by molar-refractivity contribution is -0.138. The largest absolute Gasteiger partial charge is 0.416 e. The van der Waals surface area contributed by atoms with Gasteiger partial charge in [-0.25, -0.2) is 0 Å². The van der Waals surface area contributed by atoms with Crippen LogP contribution in [0.1, 0.15) is 16.7 Å². The Morgan fingerprint density at radius 3 is 0.750 bits per heavy atom. The Bertz CT molecular complexity index is 920. The van der Waals surface area contributed by atoms with E-state index in [0.717, 1.165) is 36.4 Å². The molecule has 0 aliphatic carbocycles. The molecule has 3 aromatic carbocycles. The molecule has 0 unspecified atom stereocenters. The standard InChI is InChI=1S/C22H15F9Si/c1-32(17-8-2-14(3-9-17)20(23,24)25,18-10-4-15(5-11-18)21(26,27)28)19-12-6-16(7-13-19)22(29,30)31/h2-13H,1H3. The van der Waals surface area contributed by atoms with E-state index in [2.05, 4.69) is 0 Å². The second kappa shape index (κ2) is 7.98. The molecule has 0 N–H and O–H groups in total. The van der Waals surface area contributed by atoms with Crippen LogP contribution in [0.4, 0.5) is 39.5 Å². The number of alkyl halides is 9. The quantitative estimate of drug-likeness (QED) is 0.252. The Morgan fingerprint density at radius 1 is 0.406 bits per heavy atom. The third kappa shape index (κ3) is 4.69. The van der Waals surface area contributed by atoms with Gasteiger partial charge in [-0.1, -0.05) is 79.3 Å². The summed E-state index contributed by atoms with van der Waals surface area (Å²) in [5.41, 5.74) is -2.72. The van der Waals surface area contributed by atoms with Gasteiger partial charge in [0.05, 0.1) is 16.7 Å². The first kappa shape index (κ1) is 23.9. The van der Waals surface area contributed by atoms with E-state index in [9.17, 15) is 39.5 Å². The van der Waals surface area contributed by atoms with Crippen molar-refractivity contribution in [1.29, 1.82) is 0 Å².